The number of nitrogens with zero attached hydrogens (tertiary/aromatic N) is 2. The van der Waals surface area contributed by atoms with Crippen molar-refractivity contribution >= 4 is 40.2 Å². The highest BCUT2D eigenvalue weighted by Crippen LogP contribution is 2.27. The van der Waals surface area contributed by atoms with Crippen molar-refractivity contribution in [3.63, 3.8) is 0 Å². The third-order valence-electron chi connectivity index (χ3n) is 2.48. The molecule has 19 heavy (non-hydrogen) atoms. The van der Waals surface area contributed by atoms with Crippen molar-refractivity contribution in [2.45, 2.75) is 24.8 Å². The fourth-order valence-electron chi connectivity index (χ4n) is 1.69. The van der Waals surface area contributed by atoms with Crippen LogP contribution in [-0.2, 0) is 11.2 Å². The van der Waals surface area contributed by atoms with E-state index >= 15 is 0 Å². The number of aromatic nitrogens is 2. The number of hydrogen-bond donors (Lipinski definition) is 1. The quantitative estimate of drug-likeness (QED) is 0.676. The molecule has 0 fully saturated rings. The number of aryl methyl sites for hydroxylation is 1. The molecule has 0 aliphatic carbocycles. The lowest BCUT2D eigenvalue weighted by atomic mass is 10.2. The molecule has 2 aromatic rings. The molecule has 4 nitrogen and oxygen atoms in total. The highest BCUT2D eigenvalue weighted by atomic mass is 35.5. The molecule has 0 aliphatic rings. The average Bonchev–Trinajstić information content (AvgIpc) is 2.37. The van der Waals surface area contributed by atoms with Crippen molar-refractivity contribution in [1.29, 1.82) is 0 Å². The van der Waals surface area contributed by atoms with E-state index in [2.05, 4.69) is 16.9 Å². The van der Waals surface area contributed by atoms with Gasteiger partial charge in [0.05, 0.1) is 11.3 Å². The monoisotopic (exact) mass is 296 g/mol. The van der Waals surface area contributed by atoms with Gasteiger partial charge in [-0.3, -0.25) is 4.79 Å². The molecule has 0 unspecified atom stereocenters. The molecule has 100 valence electrons. The Balaban J connectivity index is 2.48. The van der Waals surface area contributed by atoms with Crippen LogP contribution in [0.15, 0.2) is 23.2 Å². The Morgan fingerprint density at radius 1 is 1.42 bits per heavy atom. The number of halogens is 1. The molecule has 2 rings (SSSR count). The summed E-state index contributed by atoms with van der Waals surface area (Å²) < 4.78 is 0. The summed E-state index contributed by atoms with van der Waals surface area (Å²) in [5.74, 6) is -0.148. The summed E-state index contributed by atoms with van der Waals surface area (Å²) in [5, 5.41) is 10.9. The number of fused-ring (bicyclic) bond motifs is 1. The number of benzene rings is 1. The molecule has 0 bridgehead atoms. The fourth-order valence-corrected chi connectivity index (χ4v) is 2.62. The lowest BCUT2D eigenvalue weighted by Gasteiger charge is -2.07. The predicted molar refractivity (Wildman–Crippen MR) is 76.9 cm³/mol. The Kier molecular flexibility index (Phi) is 4.61. The minimum absolute atomic E-state index is 0.0236. The van der Waals surface area contributed by atoms with Crippen LogP contribution in [0.25, 0.3) is 10.9 Å². The predicted octanol–water partition coefficient (Wildman–Crippen LogP) is 3.41. The smallest absolute Gasteiger partial charge is 0.313 e. The van der Waals surface area contributed by atoms with Gasteiger partial charge in [-0.05, 0) is 24.6 Å². The van der Waals surface area contributed by atoms with Crippen molar-refractivity contribution < 1.29 is 9.90 Å². The second kappa shape index (κ2) is 6.21. The van der Waals surface area contributed by atoms with Gasteiger partial charge in [-0.1, -0.05) is 30.3 Å². The van der Waals surface area contributed by atoms with Gasteiger partial charge in [-0.15, -0.1) is 0 Å². The van der Waals surface area contributed by atoms with E-state index in [0.29, 0.717) is 10.0 Å². The van der Waals surface area contributed by atoms with Crippen LogP contribution in [0, 0.1) is 0 Å². The number of thioether (sulfide) groups is 1. The Morgan fingerprint density at radius 2 is 2.21 bits per heavy atom. The lowest BCUT2D eigenvalue weighted by Crippen LogP contribution is -2.01. The van der Waals surface area contributed by atoms with E-state index in [1.807, 2.05) is 6.07 Å². The van der Waals surface area contributed by atoms with Crippen LogP contribution >= 0.6 is 23.4 Å². The van der Waals surface area contributed by atoms with E-state index in [1.54, 1.807) is 12.1 Å². The Morgan fingerprint density at radius 3 is 2.89 bits per heavy atom. The number of carboxylic acid groups (broad SMARTS) is 1. The van der Waals surface area contributed by atoms with E-state index in [-0.39, 0.29) is 5.75 Å². The van der Waals surface area contributed by atoms with Crippen LogP contribution in [0.3, 0.4) is 0 Å². The third kappa shape index (κ3) is 3.58. The van der Waals surface area contributed by atoms with Crippen LogP contribution in [0.1, 0.15) is 19.2 Å². The number of carboxylic acids is 1. The molecule has 0 radical (unpaired) electrons. The van der Waals surface area contributed by atoms with Crippen LogP contribution in [0.2, 0.25) is 5.02 Å². The van der Waals surface area contributed by atoms with Crippen molar-refractivity contribution in [1.82, 2.24) is 9.97 Å². The minimum Gasteiger partial charge on any atom is -0.481 e. The summed E-state index contributed by atoms with van der Waals surface area (Å²) in [6.45, 7) is 2.06. The molecular weight excluding hydrogens is 284 g/mol. The minimum atomic E-state index is -0.865. The molecule has 0 aliphatic heterocycles. The first-order valence-electron chi connectivity index (χ1n) is 5.91. The van der Waals surface area contributed by atoms with Crippen molar-refractivity contribution in [3.05, 3.63) is 29.0 Å². The maximum absolute atomic E-state index is 10.7. The Bertz CT molecular complexity index is 619. The average molecular weight is 297 g/mol. The molecule has 0 amide bonds. The highest BCUT2D eigenvalue weighted by molar-refractivity contribution is 8.00. The first-order valence-corrected chi connectivity index (χ1v) is 7.27. The molecule has 0 atom stereocenters. The highest BCUT2D eigenvalue weighted by Gasteiger charge is 2.10. The van der Waals surface area contributed by atoms with E-state index in [9.17, 15) is 4.79 Å². The van der Waals surface area contributed by atoms with Crippen LogP contribution in [0.5, 0.6) is 0 Å². The van der Waals surface area contributed by atoms with Gasteiger partial charge in [0.25, 0.3) is 0 Å². The maximum atomic E-state index is 10.7. The molecule has 1 aromatic carbocycles. The van der Waals surface area contributed by atoms with E-state index in [1.165, 1.54) is 11.8 Å². The van der Waals surface area contributed by atoms with Crippen molar-refractivity contribution in [3.8, 4) is 0 Å². The topological polar surface area (TPSA) is 63.1 Å². The fraction of sp³-hybridized carbons (Fsp3) is 0.308. The second-order valence-corrected chi connectivity index (χ2v) is 5.44. The molecule has 1 aromatic heterocycles. The van der Waals surface area contributed by atoms with Crippen molar-refractivity contribution in [2.75, 3.05) is 5.75 Å². The van der Waals surface area contributed by atoms with Gasteiger partial charge in [0, 0.05) is 16.8 Å². The number of aliphatic carboxylic acids is 1. The molecule has 1 N–H and O–H groups in total. The van der Waals surface area contributed by atoms with Gasteiger partial charge in [0.1, 0.15) is 10.9 Å². The van der Waals surface area contributed by atoms with Gasteiger partial charge in [0.2, 0.25) is 0 Å². The SMILES string of the molecule is CCCc1nc(SCC(=O)O)c2cc(Cl)ccc2n1. The number of carbonyl (C=O) groups is 1. The lowest BCUT2D eigenvalue weighted by molar-refractivity contribution is -0.133. The first-order chi connectivity index (χ1) is 9.10. The zero-order valence-electron chi connectivity index (χ0n) is 10.4. The van der Waals surface area contributed by atoms with E-state index in [0.717, 1.165) is 29.6 Å². The zero-order chi connectivity index (χ0) is 13.8. The molecular formula is C13H13ClN2O2S. The molecule has 6 heteroatoms. The second-order valence-electron chi connectivity index (χ2n) is 4.04. The van der Waals surface area contributed by atoms with E-state index in [4.69, 9.17) is 16.7 Å². The van der Waals surface area contributed by atoms with Crippen LogP contribution in [-0.4, -0.2) is 26.8 Å². The number of rotatable bonds is 5. The van der Waals surface area contributed by atoms with Gasteiger partial charge in [-0.25, -0.2) is 9.97 Å². The van der Waals surface area contributed by atoms with Gasteiger partial charge >= 0.3 is 5.97 Å². The molecule has 1 heterocycles. The summed E-state index contributed by atoms with van der Waals surface area (Å²) in [7, 11) is 0. The van der Waals surface area contributed by atoms with E-state index < -0.39 is 5.97 Å². The molecule has 0 saturated heterocycles. The van der Waals surface area contributed by atoms with Crippen molar-refractivity contribution in [2.24, 2.45) is 0 Å². The normalized spacial score (nSPS) is 10.8. The summed E-state index contributed by atoms with van der Waals surface area (Å²) in [6, 6.07) is 5.39. The summed E-state index contributed by atoms with van der Waals surface area (Å²) in [6.07, 6.45) is 1.72. The maximum Gasteiger partial charge on any atom is 0.313 e. The summed E-state index contributed by atoms with van der Waals surface area (Å²) >= 11 is 7.17. The van der Waals surface area contributed by atoms with Gasteiger partial charge in [0.15, 0.2) is 0 Å². The van der Waals surface area contributed by atoms with Crippen LogP contribution in [0.4, 0.5) is 0 Å². The standard InChI is InChI=1S/C13H13ClN2O2S/c1-2-3-11-15-10-5-4-8(14)6-9(10)13(16-11)19-7-12(17)18/h4-6H,2-3,7H2,1H3,(H,17,18). The van der Waals surface area contributed by atoms with Crippen LogP contribution < -0.4 is 0 Å². The third-order valence-corrected chi connectivity index (χ3v) is 3.69. The Labute approximate surface area is 120 Å². The largest absolute Gasteiger partial charge is 0.481 e. The Hall–Kier alpha value is -1.33. The molecule has 0 spiro atoms. The van der Waals surface area contributed by atoms with Gasteiger partial charge in [-0.2, -0.15) is 0 Å². The summed E-state index contributed by atoms with van der Waals surface area (Å²) in [5.41, 5.74) is 0.802. The van der Waals surface area contributed by atoms with Gasteiger partial charge < -0.3 is 5.11 Å². The summed E-state index contributed by atoms with van der Waals surface area (Å²) in [4.78, 5) is 19.6. The first kappa shape index (κ1) is 14.1. The number of hydrogen-bond acceptors (Lipinski definition) is 4. The zero-order valence-corrected chi connectivity index (χ0v) is 12.0. The molecule has 0 saturated carbocycles.